The van der Waals surface area contributed by atoms with Crippen LogP contribution in [0.1, 0.15) is 30.5 Å². The molecule has 0 spiro atoms. The van der Waals surface area contributed by atoms with Gasteiger partial charge in [0, 0.05) is 12.6 Å². The van der Waals surface area contributed by atoms with Crippen LogP contribution in [0, 0.1) is 6.92 Å². The number of nitrogens with zero attached hydrogens (tertiary/aromatic N) is 1. The molecule has 1 aliphatic rings. The third kappa shape index (κ3) is 3.61. The fourth-order valence-electron chi connectivity index (χ4n) is 2.96. The zero-order valence-corrected chi connectivity index (χ0v) is 12.8. The largest absolute Gasteiger partial charge is 0.378 e. The molecule has 1 aromatic rings. The quantitative estimate of drug-likeness (QED) is 0.846. The van der Waals surface area contributed by atoms with Gasteiger partial charge >= 0.3 is 0 Å². The Balaban J connectivity index is 2.36. The number of nitrogens with two attached hydrogens (primary N) is 2. The summed E-state index contributed by atoms with van der Waals surface area (Å²) in [4.78, 5) is 13.8. The van der Waals surface area contributed by atoms with Crippen molar-refractivity contribution in [3.63, 3.8) is 0 Å². The maximum Gasteiger partial charge on any atom is 0.237 e. The van der Waals surface area contributed by atoms with Gasteiger partial charge in [0.05, 0.1) is 19.3 Å². The Labute approximate surface area is 126 Å². The Kier molecular flexibility index (Phi) is 5.33. The van der Waals surface area contributed by atoms with E-state index in [0.717, 1.165) is 12.0 Å². The van der Waals surface area contributed by atoms with E-state index in [0.29, 0.717) is 19.8 Å². The number of amides is 1. The molecule has 1 saturated heterocycles. The lowest BCUT2D eigenvalue weighted by molar-refractivity contribution is -0.132. The SMILES string of the molecule is CCC(N)C(c1cccc(C)c1)N1CCOCC1C(N)=O. The second-order valence-electron chi connectivity index (χ2n) is 5.66. The molecule has 1 amide bonds. The van der Waals surface area contributed by atoms with Crippen LogP contribution < -0.4 is 11.5 Å². The Bertz CT molecular complexity index is 492. The van der Waals surface area contributed by atoms with Crippen LogP contribution in [0.15, 0.2) is 24.3 Å². The normalized spacial score (nSPS) is 22.7. The van der Waals surface area contributed by atoms with Gasteiger partial charge in [0.25, 0.3) is 0 Å². The van der Waals surface area contributed by atoms with E-state index < -0.39 is 6.04 Å². The van der Waals surface area contributed by atoms with Crippen molar-refractivity contribution >= 4 is 5.91 Å². The number of ether oxygens (including phenoxy) is 1. The molecule has 0 saturated carbocycles. The maximum absolute atomic E-state index is 11.7. The monoisotopic (exact) mass is 291 g/mol. The molecule has 0 radical (unpaired) electrons. The molecule has 1 aromatic carbocycles. The lowest BCUT2D eigenvalue weighted by Crippen LogP contribution is -2.56. The summed E-state index contributed by atoms with van der Waals surface area (Å²) < 4.78 is 5.41. The lowest BCUT2D eigenvalue weighted by Gasteiger charge is -2.42. The van der Waals surface area contributed by atoms with Crippen LogP contribution in [0.2, 0.25) is 0 Å². The summed E-state index contributed by atoms with van der Waals surface area (Å²) in [6.07, 6.45) is 0.835. The highest BCUT2D eigenvalue weighted by Gasteiger charge is 2.36. The molecule has 0 aliphatic carbocycles. The fourth-order valence-corrected chi connectivity index (χ4v) is 2.96. The summed E-state index contributed by atoms with van der Waals surface area (Å²) in [7, 11) is 0. The zero-order valence-electron chi connectivity index (χ0n) is 12.8. The maximum atomic E-state index is 11.7. The van der Waals surface area contributed by atoms with Gasteiger partial charge in [0.2, 0.25) is 5.91 Å². The molecule has 5 heteroatoms. The number of rotatable bonds is 5. The first-order valence-corrected chi connectivity index (χ1v) is 7.49. The van der Waals surface area contributed by atoms with E-state index in [2.05, 4.69) is 36.9 Å². The van der Waals surface area contributed by atoms with E-state index in [4.69, 9.17) is 16.2 Å². The van der Waals surface area contributed by atoms with Crippen LogP contribution >= 0.6 is 0 Å². The summed E-state index contributed by atoms with van der Waals surface area (Å²) in [5.74, 6) is -0.351. The van der Waals surface area contributed by atoms with Gasteiger partial charge < -0.3 is 16.2 Å². The van der Waals surface area contributed by atoms with Gasteiger partial charge in [-0.15, -0.1) is 0 Å². The molecule has 1 fully saturated rings. The van der Waals surface area contributed by atoms with E-state index in [9.17, 15) is 4.79 Å². The first kappa shape index (κ1) is 15.9. The number of hydrogen-bond acceptors (Lipinski definition) is 4. The minimum Gasteiger partial charge on any atom is -0.378 e. The van der Waals surface area contributed by atoms with Crippen molar-refractivity contribution in [2.45, 2.75) is 38.4 Å². The van der Waals surface area contributed by atoms with Crippen LogP contribution in [0.3, 0.4) is 0 Å². The van der Waals surface area contributed by atoms with Crippen LogP contribution in [-0.2, 0) is 9.53 Å². The Hall–Kier alpha value is -1.43. The highest BCUT2D eigenvalue weighted by molar-refractivity contribution is 5.80. The predicted octanol–water partition coefficient (Wildman–Crippen LogP) is 0.960. The van der Waals surface area contributed by atoms with Crippen LogP contribution in [0.4, 0.5) is 0 Å². The second kappa shape index (κ2) is 7.02. The molecule has 3 unspecified atom stereocenters. The van der Waals surface area contributed by atoms with E-state index in [1.54, 1.807) is 0 Å². The van der Waals surface area contributed by atoms with Crippen molar-refractivity contribution in [1.29, 1.82) is 0 Å². The zero-order chi connectivity index (χ0) is 15.4. The molecular weight excluding hydrogens is 266 g/mol. The average molecular weight is 291 g/mol. The van der Waals surface area contributed by atoms with Crippen molar-refractivity contribution in [3.05, 3.63) is 35.4 Å². The number of primary amides is 1. The Morgan fingerprint density at radius 1 is 1.52 bits per heavy atom. The molecule has 0 bridgehead atoms. The van der Waals surface area contributed by atoms with Gasteiger partial charge in [-0.3, -0.25) is 9.69 Å². The summed E-state index contributed by atoms with van der Waals surface area (Å²) in [6, 6.07) is 7.81. The van der Waals surface area contributed by atoms with Crippen LogP contribution in [-0.4, -0.2) is 42.6 Å². The molecule has 1 aliphatic heterocycles. The second-order valence-corrected chi connectivity index (χ2v) is 5.66. The summed E-state index contributed by atoms with van der Waals surface area (Å²) in [5.41, 5.74) is 14.2. The summed E-state index contributed by atoms with van der Waals surface area (Å²) >= 11 is 0. The third-order valence-electron chi connectivity index (χ3n) is 4.12. The van der Waals surface area contributed by atoms with Gasteiger partial charge in [0.1, 0.15) is 6.04 Å². The molecule has 4 N–H and O–H groups in total. The standard InChI is InChI=1S/C16H25N3O2/c1-3-13(17)15(12-6-4-5-11(2)9-12)19-7-8-21-10-14(19)16(18)20/h4-6,9,13-15H,3,7-8,10,17H2,1-2H3,(H2,18,20). The van der Waals surface area contributed by atoms with Crippen LogP contribution in [0.5, 0.6) is 0 Å². The first-order valence-electron chi connectivity index (χ1n) is 7.49. The Morgan fingerprint density at radius 2 is 2.29 bits per heavy atom. The van der Waals surface area contributed by atoms with Gasteiger partial charge in [0.15, 0.2) is 0 Å². The summed E-state index contributed by atoms with van der Waals surface area (Å²) in [6.45, 7) is 5.73. The third-order valence-corrected chi connectivity index (χ3v) is 4.12. The lowest BCUT2D eigenvalue weighted by atomic mass is 9.93. The molecule has 2 rings (SSSR count). The molecule has 21 heavy (non-hydrogen) atoms. The molecule has 0 aromatic heterocycles. The highest BCUT2D eigenvalue weighted by atomic mass is 16.5. The van der Waals surface area contributed by atoms with E-state index in [1.807, 2.05) is 6.07 Å². The van der Waals surface area contributed by atoms with Gasteiger partial charge in [-0.25, -0.2) is 0 Å². The number of carbonyl (C=O) groups is 1. The number of hydrogen-bond donors (Lipinski definition) is 2. The van der Waals surface area contributed by atoms with Crippen molar-refractivity contribution in [2.24, 2.45) is 11.5 Å². The smallest absolute Gasteiger partial charge is 0.237 e. The topological polar surface area (TPSA) is 81.6 Å². The molecule has 5 nitrogen and oxygen atoms in total. The van der Waals surface area contributed by atoms with E-state index >= 15 is 0 Å². The van der Waals surface area contributed by atoms with Crippen molar-refractivity contribution in [1.82, 2.24) is 4.90 Å². The van der Waals surface area contributed by atoms with Crippen molar-refractivity contribution in [3.8, 4) is 0 Å². The van der Waals surface area contributed by atoms with Crippen molar-refractivity contribution < 1.29 is 9.53 Å². The minimum atomic E-state index is -0.415. The van der Waals surface area contributed by atoms with Gasteiger partial charge in [-0.2, -0.15) is 0 Å². The van der Waals surface area contributed by atoms with Gasteiger partial charge in [-0.1, -0.05) is 36.8 Å². The highest BCUT2D eigenvalue weighted by Crippen LogP contribution is 2.29. The van der Waals surface area contributed by atoms with E-state index in [1.165, 1.54) is 5.56 Å². The van der Waals surface area contributed by atoms with Crippen molar-refractivity contribution in [2.75, 3.05) is 19.8 Å². The van der Waals surface area contributed by atoms with E-state index in [-0.39, 0.29) is 18.0 Å². The Morgan fingerprint density at radius 3 is 2.90 bits per heavy atom. The fraction of sp³-hybridized carbons (Fsp3) is 0.562. The van der Waals surface area contributed by atoms with Gasteiger partial charge in [-0.05, 0) is 18.9 Å². The summed E-state index contributed by atoms with van der Waals surface area (Å²) in [5, 5.41) is 0. The number of aryl methyl sites for hydroxylation is 1. The number of benzene rings is 1. The van der Waals surface area contributed by atoms with Crippen LogP contribution in [0.25, 0.3) is 0 Å². The number of carbonyl (C=O) groups excluding carboxylic acids is 1. The minimum absolute atomic E-state index is 0.0173. The molecule has 3 atom stereocenters. The number of morpholine rings is 1. The molecule has 116 valence electrons. The predicted molar refractivity (Wildman–Crippen MR) is 82.7 cm³/mol. The average Bonchev–Trinajstić information content (AvgIpc) is 2.47. The first-order chi connectivity index (χ1) is 10.0. The molecule has 1 heterocycles. The molecular formula is C16H25N3O2.